The Bertz CT molecular complexity index is 478. The van der Waals surface area contributed by atoms with Crippen molar-refractivity contribution < 1.29 is 9.00 Å². The van der Waals surface area contributed by atoms with E-state index in [1.54, 1.807) is 6.26 Å². The summed E-state index contributed by atoms with van der Waals surface area (Å²) in [5.74, 6) is -0.0706. The summed E-state index contributed by atoms with van der Waals surface area (Å²) in [4.78, 5) is 12.2. The molecule has 1 N–H and O–H groups in total. The number of amides is 1. The van der Waals surface area contributed by atoms with E-state index in [0.717, 1.165) is 29.5 Å². The Kier molecular flexibility index (Phi) is 5.13. The van der Waals surface area contributed by atoms with E-state index < -0.39 is 11.0 Å². The summed E-state index contributed by atoms with van der Waals surface area (Å²) in [5.41, 5.74) is 0.794. The van der Waals surface area contributed by atoms with Crippen molar-refractivity contribution >= 4 is 38.5 Å². The van der Waals surface area contributed by atoms with Gasteiger partial charge in [0.2, 0.25) is 5.91 Å². The average Bonchev–Trinajstić information content (AvgIpc) is 2.41. The number of carbonyl (C=O) groups excluding carboxylic acids is 1. The molecule has 1 aromatic rings. The molecule has 1 heterocycles. The first-order chi connectivity index (χ1) is 9.06. The van der Waals surface area contributed by atoms with E-state index in [0.29, 0.717) is 6.54 Å². The predicted molar refractivity (Wildman–Crippen MR) is 81.1 cm³/mol. The number of nitrogens with zero attached hydrogens (tertiary/aromatic N) is 1. The zero-order valence-corrected chi connectivity index (χ0v) is 13.2. The fourth-order valence-corrected chi connectivity index (χ4v) is 3.21. The standard InChI is InChI=1S/C13H17BrN2O2S/c1-19(18)16-8-2-3-10(9-16)13(17)15-12-6-4-11(14)5-7-12/h4-7,10H,2-3,8-9H2,1H3,(H,15,17). The normalized spacial score (nSPS) is 21.9. The van der Waals surface area contributed by atoms with Crippen LogP contribution in [0.1, 0.15) is 12.8 Å². The highest BCUT2D eigenvalue weighted by atomic mass is 79.9. The highest BCUT2D eigenvalue weighted by Crippen LogP contribution is 2.20. The Hall–Kier alpha value is -0.720. The van der Waals surface area contributed by atoms with Crippen LogP contribution in [0.4, 0.5) is 5.69 Å². The van der Waals surface area contributed by atoms with Gasteiger partial charge in [-0.15, -0.1) is 0 Å². The van der Waals surface area contributed by atoms with E-state index in [9.17, 15) is 9.00 Å². The van der Waals surface area contributed by atoms with Crippen molar-refractivity contribution in [2.75, 3.05) is 24.7 Å². The number of rotatable bonds is 3. The Morgan fingerprint density at radius 3 is 2.74 bits per heavy atom. The zero-order chi connectivity index (χ0) is 13.8. The van der Waals surface area contributed by atoms with Gasteiger partial charge < -0.3 is 5.32 Å². The Labute approximate surface area is 124 Å². The minimum Gasteiger partial charge on any atom is -0.326 e. The van der Waals surface area contributed by atoms with Crippen molar-refractivity contribution in [3.8, 4) is 0 Å². The smallest absolute Gasteiger partial charge is 0.228 e. The predicted octanol–water partition coefficient (Wildman–Crippen LogP) is 2.39. The van der Waals surface area contributed by atoms with Gasteiger partial charge in [-0.1, -0.05) is 15.9 Å². The largest absolute Gasteiger partial charge is 0.326 e. The molecule has 1 aliphatic heterocycles. The van der Waals surface area contributed by atoms with E-state index in [1.165, 1.54) is 0 Å². The SMILES string of the molecule is CS(=O)N1CCCC(C(=O)Nc2ccc(Br)cc2)C1. The van der Waals surface area contributed by atoms with Crippen LogP contribution in [-0.4, -0.2) is 33.8 Å². The summed E-state index contributed by atoms with van der Waals surface area (Å²) >= 11 is 3.36. The second-order valence-corrected chi connectivity index (χ2v) is 6.93. The summed E-state index contributed by atoms with van der Waals surface area (Å²) < 4.78 is 14.3. The van der Waals surface area contributed by atoms with Crippen LogP contribution in [0.25, 0.3) is 0 Å². The molecule has 0 bridgehead atoms. The van der Waals surface area contributed by atoms with Gasteiger partial charge in [0.1, 0.15) is 0 Å². The maximum atomic E-state index is 12.2. The summed E-state index contributed by atoms with van der Waals surface area (Å²) in [5, 5.41) is 2.91. The highest BCUT2D eigenvalue weighted by molar-refractivity contribution is 9.10. The van der Waals surface area contributed by atoms with Crippen LogP contribution in [0.15, 0.2) is 28.7 Å². The molecule has 104 valence electrons. The van der Waals surface area contributed by atoms with Gasteiger partial charge in [-0.2, -0.15) is 0 Å². The molecule has 2 atom stereocenters. The number of piperidine rings is 1. The third-order valence-electron chi connectivity index (χ3n) is 3.23. The lowest BCUT2D eigenvalue weighted by Crippen LogP contribution is -2.41. The summed E-state index contributed by atoms with van der Waals surface area (Å²) in [6.07, 6.45) is 3.43. The minimum absolute atomic E-state index is 0.0115. The Balaban J connectivity index is 1.96. The highest BCUT2D eigenvalue weighted by Gasteiger charge is 2.27. The van der Waals surface area contributed by atoms with E-state index in [4.69, 9.17) is 0 Å². The van der Waals surface area contributed by atoms with Crippen LogP contribution < -0.4 is 5.32 Å². The Morgan fingerprint density at radius 2 is 2.11 bits per heavy atom. The molecular formula is C13H17BrN2O2S. The summed E-state index contributed by atoms with van der Waals surface area (Å²) in [7, 11) is -0.992. The molecule has 4 nitrogen and oxygen atoms in total. The molecule has 0 aromatic heterocycles. The van der Waals surface area contributed by atoms with Crippen molar-refractivity contribution in [3.63, 3.8) is 0 Å². The fraction of sp³-hybridized carbons (Fsp3) is 0.462. The molecule has 0 saturated carbocycles. The number of benzene rings is 1. The van der Waals surface area contributed by atoms with Crippen molar-refractivity contribution in [2.24, 2.45) is 5.92 Å². The van der Waals surface area contributed by atoms with Gasteiger partial charge in [0.05, 0.1) is 16.9 Å². The number of hydrogen-bond acceptors (Lipinski definition) is 2. The van der Waals surface area contributed by atoms with Gasteiger partial charge in [-0.25, -0.2) is 8.51 Å². The quantitative estimate of drug-likeness (QED) is 0.915. The molecule has 1 aromatic carbocycles. The second-order valence-electron chi connectivity index (χ2n) is 4.65. The van der Waals surface area contributed by atoms with Crippen LogP contribution in [0.5, 0.6) is 0 Å². The first kappa shape index (κ1) is 14.7. The lowest BCUT2D eigenvalue weighted by molar-refractivity contribution is -0.120. The molecule has 0 aliphatic carbocycles. The molecule has 1 saturated heterocycles. The molecule has 19 heavy (non-hydrogen) atoms. The lowest BCUT2D eigenvalue weighted by Gasteiger charge is -2.29. The molecule has 1 fully saturated rings. The zero-order valence-electron chi connectivity index (χ0n) is 10.8. The minimum atomic E-state index is -0.992. The third kappa shape index (κ3) is 4.12. The molecule has 1 amide bonds. The van der Waals surface area contributed by atoms with Crippen LogP contribution in [0.2, 0.25) is 0 Å². The number of halogens is 1. The van der Waals surface area contributed by atoms with Crippen LogP contribution >= 0.6 is 15.9 Å². The van der Waals surface area contributed by atoms with Crippen molar-refractivity contribution in [1.82, 2.24) is 4.31 Å². The van der Waals surface area contributed by atoms with Crippen molar-refractivity contribution in [2.45, 2.75) is 12.8 Å². The monoisotopic (exact) mass is 344 g/mol. The maximum Gasteiger partial charge on any atom is 0.228 e. The molecule has 1 aliphatic rings. The van der Waals surface area contributed by atoms with Crippen molar-refractivity contribution in [1.29, 1.82) is 0 Å². The van der Waals surface area contributed by atoms with Crippen molar-refractivity contribution in [3.05, 3.63) is 28.7 Å². The molecule has 0 radical (unpaired) electrons. The van der Waals surface area contributed by atoms with Crippen LogP contribution in [-0.2, 0) is 15.8 Å². The lowest BCUT2D eigenvalue weighted by atomic mass is 9.99. The van der Waals surface area contributed by atoms with Gasteiger partial charge in [-0.05, 0) is 37.1 Å². The summed E-state index contributed by atoms with van der Waals surface area (Å²) in [6, 6.07) is 7.51. The molecule has 2 unspecified atom stereocenters. The van der Waals surface area contributed by atoms with E-state index >= 15 is 0 Å². The average molecular weight is 345 g/mol. The Morgan fingerprint density at radius 1 is 1.42 bits per heavy atom. The van der Waals surface area contributed by atoms with E-state index in [1.807, 2.05) is 28.6 Å². The van der Waals surface area contributed by atoms with Gasteiger partial charge in [-0.3, -0.25) is 4.79 Å². The molecule has 6 heteroatoms. The molecule has 2 rings (SSSR count). The number of nitrogens with one attached hydrogen (secondary N) is 1. The topological polar surface area (TPSA) is 49.4 Å². The van der Waals surface area contributed by atoms with Gasteiger partial charge in [0.15, 0.2) is 0 Å². The first-order valence-electron chi connectivity index (χ1n) is 6.21. The van der Waals surface area contributed by atoms with E-state index in [2.05, 4.69) is 21.2 Å². The molecule has 0 spiro atoms. The van der Waals surface area contributed by atoms with Gasteiger partial charge in [0, 0.05) is 29.5 Å². The van der Waals surface area contributed by atoms with Gasteiger partial charge in [0.25, 0.3) is 0 Å². The van der Waals surface area contributed by atoms with Crippen LogP contribution in [0, 0.1) is 5.92 Å². The number of anilines is 1. The van der Waals surface area contributed by atoms with E-state index in [-0.39, 0.29) is 11.8 Å². The first-order valence-corrected chi connectivity index (χ1v) is 8.52. The summed E-state index contributed by atoms with van der Waals surface area (Å²) in [6.45, 7) is 1.39. The third-order valence-corrected chi connectivity index (χ3v) is 4.82. The molecular weight excluding hydrogens is 328 g/mol. The fourth-order valence-electron chi connectivity index (χ4n) is 2.17. The second kappa shape index (κ2) is 6.63. The van der Waals surface area contributed by atoms with Gasteiger partial charge >= 0.3 is 0 Å². The maximum absolute atomic E-state index is 12.2. The number of carbonyl (C=O) groups is 1. The van der Waals surface area contributed by atoms with Crippen LogP contribution in [0.3, 0.4) is 0 Å². The number of hydrogen-bond donors (Lipinski definition) is 1.